The van der Waals surface area contributed by atoms with Crippen molar-refractivity contribution < 1.29 is 19.2 Å². The minimum Gasteiger partial charge on any atom is -0.374 e. The topological polar surface area (TPSA) is 36.9 Å². The van der Waals surface area contributed by atoms with Crippen molar-refractivity contribution in [1.29, 1.82) is 0 Å². The summed E-state index contributed by atoms with van der Waals surface area (Å²) in [6, 6.07) is 10.4. The number of ether oxygens (including phenoxy) is 2. The lowest BCUT2D eigenvalue weighted by Crippen LogP contribution is -2.54. The Labute approximate surface area is 131 Å². The zero-order chi connectivity index (χ0) is 15.0. The van der Waals surface area contributed by atoms with E-state index in [0.717, 1.165) is 32.1 Å². The van der Waals surface area contributed by atoms with Crippen LogP contribution in [0.4, 0.5) is 0 Å². The van der Waals surface area contributed by atoms with Gasteiger partial charge in [-0.3, -0.25) is 0 Å². The molecule has 4 fully saturated rings. The second-order valence-electron chi connectivity index (χ2n) is 7.08. The van der Waals surface area contributed by atoms with Crippen molar-refractivity contribution in [2.24, 2.45) is 5.92 Å². The smallest absolute Gasteiger partial charge is 0.198 e. The minimum atomic E-state index is -0.553. The van der Waals surface area contributed by atoms with Crippen LogP contribution in [0.15, 0.2) is 30.3 Å². The largest absolute Gasteiger partial charge is 0.374 e. The van der Waals surface area contributed by atoms with E-state index in [4.69, 9.17) is 19.2 Å². The van der Waals surface area contributed by atoms with Gasteiger partial charge in [0.1, 0.15) is 5.60 Å². The third kappa shape index (κ3) is 2.69. The van der Waals surface area contributed by atoms with Gasteiger partial charge in [-0.15, -0.1) is 0 Å². The number of hydrogen-bond acceptors (Lipinski definition) is 4. The quantitative estimate of drug-likeness (QED) is 0.800. The highest BCUT2D eigenvalue weighted by atomic mass is 17.2. The summed E-state index contributed by atoms with van der Waals surface area (Å²) in [6.45, 7) is 3.32. The van der Waals surface area contributed by atoms with Crippen molar-refractivity contribution >= 4 is 0 Å². The van der Waals surface area contributed by atoms with Crippen LogP contribution in [-0.2, 0) is 25.9 Å². The average molecular weight is 304 g/mol. The molecule has 0 unspecified atom stereocenters. The van der Waals surface area contributed by atoms with Crippen LogP contribution in [0.2, 0.25) is 0 Å². The highest BCUT2D eigenvalue weighted by molar-refractivity contribution is 5.13. The van der Waals surface area contributed by atoms with Crippen molar-refractivity contribution in [2.75, 3.05) is 6.61 Å². The second-order valence-corrected chi connectivity index (χ2v) is 7.08. The molecule has 4 nitrogen and oxygen atoms in total. The fourth-order valence-corrected chi connectivity index (χ4v) is 3.92. The van der Waals surface area contributed by atoms with E-state index in [9.17, 15) is 0 Å². The number of rotatable bonds is 3. The van der Waals surface area contributed by atoms with Gasteiger partial charge in [-0.2, -0.15) is 0 Å². The van der Waals surface area contributed by atoms with E-state index < -0.39 is 5.79 Å². The van der Waals surface area contributed by atoms with Crippen LogP contribution in [-0.4, -0.2) is 24.1 Å². The first-order valence-corrected chi connectivity index (χ1v) is 8.34. The molecule has 3 saturated heterocycles. The van der Waals surface area contributed by atoms with Gasteiger partial charge in [-0.05, 0) is 44.1 Å². The lowest BCUT2D eigenvalue weighted by atomic mass is 9.73. The third-order valence-electron chi connectivity index (χ3n) is 5.46. The van der Waals surface area contributed by atoms with E-state index in [1.807, 2.05) is 13.0 Å². The summed E-state index contributed by atoms with van der Waals surface area (Å²) in [6.07, 6.45) is 5.28. The number of benzene rings is 1. The standard InChI is InChI=1S/C18H24O4/c1-17-9-7-15-11-16(19-12-14-5-3-2-4-6-14)8-10-18(15,13-20-17)22-21-17/h2-6,15-16H,7-13H2,1H3/t15-,16+,17+,18+/m0/s1. The molecule has 2 bridgehead atoms. The van der Waals surface area contributed by atoms with Crippen LogP contribution < -0.4 is 0 Å². The molecule has 3 aliphatic heterocycles. The van der Waals surface area contributed by atoms with Gasteiger partial charge in [0, 0.05) is 6.42 Å². The molecule has 1 aliphatic carbocycles. The Kier molecular flexibility index (Phi) is 3.73. The summed E-state index contributed by atoms with van der Waals surface area (Å²) in [5, 5.41) is 0. The Morgan fingerprint density at radius 1 is 1.14 bits per heavy atom. The van der Waals surface area contributed by atoms with Gasteiger partial charge >= 0.3 is 0 Å². The molecule has 1 saturated carbocycles. The Morgan fingerprint density at radius 2 is 2.00 bits per heavy atom. The van der Waals surface area contributed by atoms with Crippen molar-refractivity contribution in [1.82, 2.24) is 0 Å². The third-order valence-corrected chi connectivity index (χ3v) is 5.46. The first-order valence-electron chi connectivity index (χ1n) is 8.34. The van der Waals surface area contributed by atoms with Gasteiger partial charge in [0.05, 0.1) is 19.3 Å². The lowest BCUT2D eigenvalue weighted by Gasteiger charge is -2.46. The molecule has 1 aromatic carbocycles. The maximum atomic E-state index is 6.15. The molecule has 0 amide bonds. The van der Waals surface area contributed by atoms with Gasteiger partial charge in [0.15, 0.2) is 5.79 Å². The molecule has 4 heteroatoms. The Hall–Kier alpha value is -0.940. The first kappa shape index (κ1) is 14.6. The van der Waals surface area contributed by atoms with Crippen molar-refractivity contribution in [2.45, 2.75) is 63.1 Å². The predicted octanol–water partition coefficient (Wildman–Crippen LogP) is 3.60. The molecule has 1 spiro atoms. The average Bonchev–Trinajstić information content (AvgIpc) is 2.80. The zero-order valence-electron chi connectivity index (χ0n) is 13.1. The van der Waals surface area contributed by atoms with E-state index in [2.05, 4.69) is 24.3 Å². The first-order chi connectivity index (χ1) is 10.7. The van der Waals surface area contributed by atoms with E-state index >= 15 is 0 Å². The Balaban J connectivity index is 1.39. The summed E-state index contributed by atoms with van der Waals surface area (Å²) in [4.78, 5) is 11.4. The molecule has 0 radical (unpaired) electrons. The van der Waals surface area contributed by atoms with Crippen molar-refractivity contribution in [3.63, 3.8) is 0 Å². The Morgan fingerprint density at radius 3 is 2.77 bits per heavy atom. The van der Waals surface area contributed by atoms with Gasteiger partial charge in [0.2, 0.25) is 0 Å². The minimum absolute atomic E-state index is 0.247. The molecular formula is C18H24O4. The number of hydrogen-bond donors (Lipinski definition) is 0. The van der Waals surface area contributed by atoms with Gasteiger partial charge in [-0.25, -0.2) is 9.78 Å². The molecule has 0 N–H and O–H groups in total. The summed E-state index contributed by atoms with van der Waals surface area (Å²) in [5.41, 5.74) is 0.989. The maximum Gasteiger partial charge on any atom is 0.198 e. The second kappa shape index (κ2) is 5.60. The Bertz CT molecular complexity index is 507. The maximum absolute atomic E-state index is 6.15. The van der Waals surface area contributed by atoms with Gasteiger partial charge in [0.25, 0.3) is 0 Å². The molecule has 4 aliphatic rings. The molecule has 1 aromatic rings. The molecule has 22 heavy (non-hydrogen) atoms. The van der Waals surface area contributed by atoms with Crippen molar-refractivity contribution in [3.8, 4) is 0 Å². The zero-order valence-corrected chi connectivity index (χ0v) is 13.1. The molecule has 120 valence electrons. The van der Waals surface area contributed by atoms with E-state index in [0.29, 0.717) is 25.2 Å². The summed E-state index contributed by atoms with van der Waals surface area (Å²) in [7, 11) is 0. The fourth-order valence-electron chi connectivity index (χ4n) is 3.92. The van der Waals surface area contributed by atoms with E-state index in [1.165, 1.54) is 5.56 Å². The highest BCUT2D eigenvalue weighted by Gasteiger charge is 2.55. The number of fused-ring (bicyclic) bond motifs is 3. The normalized spacial score (nSPS) is 41.0. The van der Waals surface area contributed by atoms with Crippen LogP contribution >= 0.6 is 0 Å². The van der Waals surface area contributed by atoms with Gasteiger partial charge < -0.3 is 9.47 Å². The summed E-state index contributed by atoms with van der Waals surface area (Å²) >= 11 is 0. The molecule has 4 atom stereocenters. The predicted molar refractivity (Wildman–Crippen MR) is 80.9 cm³/mol. The monoisotopic (exact) mass is 304 g/mol. The molecular weight excluding hydrogens is 280 g/mol. The highest BCUT2D eigenvalue weighted by Crippen LogP contribution is 2.49. The summed E-state index contributed by atoms with van der Waals surface area (Å²) in [5.74, 6) is -0.0884. The van der Waals surface area contributed by atoms with Crippen LogP contribution in [0.25, 0.3) is 0 Å². The van der Waals surface area contributed by atoms with Crippen molar-refractivity contribution in [3.05, 3.63) is 35.9 Å². The molecule has 5 rings (SSSR count). The molecule has 0 aromatic heterocycles. The van der Waals surface area contributed by atoms with Gasteiger partial charge in [-0.1, -0.05) is 30.3 Å². The molecule has 3 heterocycles. The van der Waals surface area contributed by atoms with Crippen LogP contribution in [0.1, 0.15) is 44.6 Å². The van der Waals surface area contributed by atoms with E-state index in [1.54, 1.807) is 0 Å². The lowest BCUT2D eigenvalue weighted by molar-refractivity contribution is -0.508. The van der Waals surface area contributed by atoms with Crippen LogP contribution in [0, 0.1) is 5.92 Å². The fraction of sp³-hybridized carbons (Fsp3) is 0.667. The summed E-state index contributed by atoms with van der Waals surface area (Å²) < 4.78 is 12.1. The van der Waals surface area contributed by atoms with Crippen LogP contribution in [0.5, 0.6) is 0 Å². The SMILES string of the molecule is C[C@@]12CC[C@H]3C[C@H](OCc4ccccc4)CC[C@]3(CO1)OO2. The van der Waals surface area contributed by atoms with Crippen LogP contribution in [0.3, 0.4) is 0 Å². The van der Waals surface area contributed by atoms with E-state index in [-0.39, 0.29) is 5.60 Å².